The molecule has 1 atom stereocenters. The molecule has 190 valence electrons. The fourth-order valence-electron chi connectivity index (χ4n) is 3.53. The van der Waals surface area contributed by atoms with Crippen LogP contribution in [0.15, 0.2) is 42.5 Å². The van der Waals surface area contributed by atoms with Gasteiger partial charge in [-0.15, -0.1) is 11.3 Å². The summed E-state index contributed by atoms with van der Waals surface area (Å²) >= 11 is 1.16. The highest BCUT2D eigenvalue weighted by atomic mass is 32.1. The van der Waals surface area contributed by atoms with E-state index in [2.05, 4.69) is 16.7 Å². The van der Waals surface area contributed by atoms with Crippen LogP contribution in [0.5, 0.6) is 5.75 Å². The van der Waals surface area contributed by atoms with Crippen molar-refractivity contribution < 1.29 is 34.1 Å². The summed E-state index contributed by atoms with van der Waals surface area (Å²) in [5, 5.41) is 33.0. The summed E-state index contributed by atoms with van der Waals surface area (Å²) in [6.07, 6.45) is 0. The highest BCUT2D eigenvalue weighted by Gasteiger charge is 2.24. The van der Waals surface area contributed by atoms with Gasteiger partial charge < -0.3 is 31.3 Å². The van der Waals surface area contributed by atoms with Crippen LogP contribution in [0.25, 0.3) is 11.1 Å². The first-order chi connectivity index (χ1) is 17.6. The quantitative estimate of drug-likeness (QED) is 0.282. The molecule has 0 aliphatic heterocycles. The first-order valence-corrected chi connectivity index (χ1v) is 11.5. The number of anilines is 1. The summed E-state index contributed by atoms with van der Waals surface area (Å²) in [6.45, 7) is 0.944. The number of aryl methyl sites for hydroxylation is 1. The van der Waals surface area contributed by atoms with Crippen molar-refractivity contribution in [1.29, 1.82) is 5.26 Å². The van der Waals surface area contributed by atoms with Crippen LogP contribution >= 0.6 is 11.3 Å². The van der Waals surface area contributed by atoms with Crippen LogP contribution in [0.4, 0.5) is 5.00 Å². The van der Waals surface area contributed by atoms with Crippen molar-refractivity contribution in [2.75, 3.05) is 19.0 Å². The molecule has 6 N–H and O–H groups in total. The fraction of sp³-hybridized carbons (Fsp3) is 0.160. The average molecular weight is 523 g/mol. The van der Waals surface area contributed by atoms with E-state index in [0.717, 1.165) is 33.9 Å². The largest absolute Gasteiger partial charge is 0.497 e. The second-order valence-electron chi connectivity index (χ2n) is 7.70. The number of hydrogen-bond acceptors (Lipinski definition) is 8. The Bertz CT molecular complexity index is 1420. The monoisotopic (exact) mass is 522 g/mol. The number of aliphatic hydroxyl groups excluding tert-OH is 1. The van der Waals surface area contributed by atoms with Crippen molar-refractivity contribution in [2.45, 2.75) is 13.0 Å². The van der Waals surface area contributed by atoms with Gasteiger partial charge in [0.25, 0.3) is 11.8 Å². The number of primary amides is 1. The predicted molar refractivity (Wildman–Crippen MR) is 135 cm³/mol. The third-order valence-electron chi connectivity index (χ3n) is 5.38. The summed E-state index contributed by atoms with van der Waals surface area (Å²) in [5.74, 6) is -3.44. The number of hydrogen-bond donors (Lipinski definition) is 5. The zero-order chi connectivity index (χ0) is 27.3. The Morgan fingerprint density at radius 3 is 2.32 bits per heavy atom. The zero-order valence-electron chi connectivity index (χ0n) is 19.7. The third-order valence-corrected chi connectivity index (χ3v) is 6.40. The molecule has 0 bridgehead atoms. The molecule has 1 unspecified atom stereocenters. The van der Waals surface area contributed by atoms with E-state index in [1.54, 1.807) is 31.2 Å². The lowest BCUT2D eigenvalue weighted by Gasteiger charge is -2.13. The number of carboxylic acid groups (broad SMARTS) is 1. The van der Waals surface area contributed by atoms with Crippen molar-refractivity contribution >= 4 is 40.0 Å². The fourth-order valence-corrected chi connectivity index (χ4v) is 4.55. The lowest BCUT2D eigenvalue weighted by atomic mass is 10.0. The molecule has 0 spiro atoms. The number of carbonyl (C=O) groups excluding carboxylic acids is 3. The molecule has 3 aromatic rings. The molecular weight excluding hydrogens is 500 g/mol. The maximum absolute atomic E-state index is 13.2. The van der Waals surface area contributed by atoms with E-state index < -0.39 is 36.3 Å². The normalized spacial score (nSPS) is 11.2. The number of nitriles is 1. The lowest BCUT2D eigenvalue weighted by molar-refractivity contribution is -0.140. The van der Waals surface area contributed by atoms with Gasteiger partial charge in [0.1, 0.15) is 16.8 Å². The van der Waals surface area contributed by atoms with Gasteiger partial charge in [0.05, 0.1) is 30.4 Å². The highest BCUT2D eigenvalue weighted by molar-refractivity contribution is 7.17. The van der Waals surface area contributed by atoms with Gasteiger partial charge in [-0.3, -0.25) is 14.4 Å². The third kappa shape index (κ3) is 5.75. The van der Waals surface area contributed by atoms with Gasteiger partial charge >= 0.3 is 5.97 Å². The molecule has 1 aromatic heterocycles. The van der Waals surface area contributed by atoms with Crippen molar-refractivity contribution in [2.24, 2.45) is 5.73 Å². The summed E-state index contributed by atoms with van der Waals surface area (Å²) in [4.78, 5) is 49.5. The summed E-state index contributed by atoms with van der Waals surface area (Å²) in [5.41, 5.74) is 6.40. The smallest absolute Gasteiger partial charge is 0.328 e. The molecular formula is C25H22N4O7S. The van der Waals surface area contributed by atoms with Crippen LogP contribution in [-0.4, -0.2) is 53.7 Å². The maximum atomic E-state index is 13.2. The van der Waals surface area contributed by atoms with E-state index in [4.69, 9.17) is 20.7 Å². The first-order valence-electron chi connectivity index (χ1n) is 10.7. The van der Waals surface area contributed by atoms with Crippen molar-refractivity contribution in [3.05, 3.63) is 69.6 Å². The van der Waals surface area contributed by atoms with E-state index >= 15 is 0 Å². The summed E-state index contributed by atoms with van der Waals surface area (Å²) < 4.78 is 5.17. The van der Waals surface area contributed by atoms with E-state index in [-0.39, 0.29) is 27.3 Å². The van der Waals surface area contributed by atoms with E-state index in [1.165, 1.54) is 13.2 Å². The Labute approximate surface area is 215 Å². The standard InChI is InChI=1S/C25H22N4O7S/c1-12-20(13-3-6-15(36-2)7-4-13)18(10-26)24(37-12)29-23(33)17-9-14(5-8-16(17)21(27)31)22(32)28-19(11-30)25(34)35/h3-9,19,30H,11H2,1-2H3,(H2,27,31)(H,28,32)(H,29,33)(H,34,35). The molecule has 11 nitrogen and oxygen atoms in total. The highest BCUT2D eigenvalue weighted by Crippen LogP contribution is 2.40. The van der Waals surface area contributed by atoms with Gasteiger partial charge in [-0.2, -0.15) is 5.26 Å². The second kappa shape index (κ2) is 11.3. The Morgan fingerprint density at radius 1 is 1.11 bits per heavy atom. The average Bonchev–Trinajstić information content (AvgIpc) is 3.20. The van der Waals surface area contributed by atoms with Crippen LogP contribution < -0.4 is 21.1 Å². The number of aliphatic carboxylic acids is 1. The molecule has 37 heavy (non-hydrogen) atoms. The number of carbonyl (C=O) groups is 4. The molecule has 1 heterocycles. The Hall–Kier alpha value is -4.73. The molecule has 0 saturated carbocycles. The van der Waals surface area contributed by atoms with Gasteiger partial charge in [-0.25, -0.2) is 4.79 Å². The van der Waals surface area contributed by atoms with E-state index in [1.807, 2.05) is 0 Å². The van der Waals surface area contributed by atoms with Gasteiger partial charge in [0.15, 0.2) is 6.04 Å². The number of rotatable bonds is 9. The Kier molecular flexibility index (Phi) is 8.23. The van der Waals surface area contributed by atoms with Gasteiger partial charge in [0, 0.05) is 16.0 Å². The first kappa shape index (κ1) is 26.9. The number of ether oxygens (including phenoxy) is 1. The molecule has 3 amide bonds. The van der Waals surface area contributed by atoms with E-state index in [0.29, 0.717) is 11.3 Å². The van der Waals surface area contributed by atoms with Gasteiger partial charge in [-0.05, 0) is 42.8 Å². The number of carboxylic acids is 1. The molecule has 0 fully saturated rings. The maximum Gasteiger partial charge on any atom is 0.328 e. The van der Waals surface area contributed by atoms with Gasteiger partial charge in [0.2, 0.25) is 5.91 Å². The van der Waals surface area contributed by atoms with Crippen LogP contribution in [0.3, 0.4) is 0 Å². The van der Waals surface area contributed by atoms with Crippen molar-refractivity contribution in [3.8, 4) is 22.9 Å². The number of methoxy groups -OCH3 is 1. The number of amides is 3. The molecule has 0 aliphatic rings. The second-order valence-corrected chi connectivity index (χ2v) is 8.93. The number of nitrogens with one attached hydrogen (secondary N) is 2. The molecule has 0 saturated heterocycles. The minimum atomic E-state index is -1.57. The molecule has 0 radical (unpaired) electrons. The van der Waals surface area contributed by atoms with Crippen molar-refractivity contribution in [1.82, 2.24) is 5.32 Å². The number of nitrogens with zero attached hydrogens (tertiary/aromatic N) is 1. The lowest BCUT2D eigenvalue weighted by Crippen LogP contribution is -2.43. The van der Waals surface area contributed by atoms with Crippen LogP contribution in [-0.2, 0) is 4.79 Å². The number of nitrogens with two attached hydrogens (primary N) is 1. The molecule has 12 heteroatoms. The number of benzene rings is 2. The summed E-state index contributed by atoms with van der Waals surface area (Å²) in [7, 11) is 1.54. The van der Waals surface area contributed by atoms with Crippen LogP contribution in [0.2, 0.25) is 0 Å². The molecule has 3 rings (SSSR count). The molecule has 0 aliphatic carbocycles. The zero-order valence-corrected chi connectivity index (χ0v) is 20.5. The van der Waals surface area contributed by atoms with Gasteiger partial charge in [-0.1, -0.05) is 12.1 Å². The SMILES string of the molecule is COc1ccc(-c2c(C)sc(NC(=O)c3cc(C(=O)NC(CO)C(=O)O)ccc3C(N)=O)c2C#N)cc1. The number of thiophene rings is 1. The minimum Gasteiger partial charge on any atom is -0.497 e. The number of aliphatic hydroxyl groups is 1. The van der Waals surface area contributed by atoms with Crippen LogP contribution in [0.1, 0.15) is 41.5 Å². The predicted octanol–water partition coefficient (Wildman–Crippen LogP) is 2.13. The van der Waals surface area contributed by atoms with E-state index in [9.17, 15) is 24.4 Å². The topological polar surface area (TPSA) is 192 Å². The van der Waals surface area contributed by atoms with Crippen molar-refractivity contribution in [3.63, 3.8) is 0 Å². The van der Waals surface area contributed by atoms with Crippen LogP contribution in [0, 0.1) is 18.3 Å². The Morgan fingerprint density at radius 2 is 1.78 bits per heavy atom. The molecule has 2 aromatic carbocycles. The Balaban J connectivity index is 1.98. The minimum absolute atomic E-state index is 0.142. The summed E-state index contributed by atoms with van der Waals surface area (Å²) in [6, 6.07) is 11.0.